The predicted octanol–water partition coefficient (Wildman–Crippen LogP) is 3.74. The lowest BCUT2D eigenvalue weighted by Gasteiger charge is -2.11. The highest BCUT2D eigenvalue weighted by molar-refractivity contribution is 7.99. The SMILES string of the molecule is Cc1cc(C)c(NC(=O)CSc2nc3nc(C)cc(C)n3n2)c(Cl)c1. The molecule has 0 saturated carbocycles. The van der Waals surface area contributed by atoms with Gasteiger partial charge < -0.3 is 5.32 Å². The van der Waals surface area contributed by atoms with Crippen molar-refractivity contribution in [3.8, 4) is 0 Å². The van der Waals surface area contributed by atoms with Crippen LogP contribution in [0.1, 0.15) is 22.5 Å². The van der Waals surface area contributed by atoms with Gasteiger partial charge in [-0.3, -0.25) is 4.79 Å². The molecule has 1 N–H and O–H groups in total. The van der Waals surface area contributed by atoms with E-state index in [0.717, 1.165) is 22.5 Å². The molecule has 8 heteroatoms. The molecule has 0 saturated heterocycles. The third-order valence-corrected chi connectivity index (χ3v) is 4.76. The predicted molar refractivity (Wildman–Crippen MR) is 101 cm³/mol. The van der Waals surface area contributed by atoms with Crippen molar-refractivity contribution in [2.75, 3.05) is 11.1 Å². The van der Waals surface area contributed by atoms with E-state index in [4.69, 9.17) is 11.6 Å². The van der Waals surface area contributed by atoms with Crippen molar-refractivity contribution < 1.29 is 4.79 Å². The number of rotatable bonds is 4. The number of hydrogen-bond acceptors (Lipinski definition) is 5. The highest BCUT2D eigenvalue weighted by atomic mass is 35.5. The fourth-order valence-electron chi connectivity index (χ4n) is 2.59. The first-order chi connectivity index (χ1) is 11.8. The zero-order valence-electron chi connectivity index (χ0n) is 14.4. The van der Waals surface area contributed by atoms with Crippen molar-refractivity contribution in [3.63, 3.8) is 0 Å². The number of nitrogens with one attached hydrogen (secondary N) is 1. The second-order valence-electron chi connectivity index (χ2n) is 5.92. The molecule has 0 aliphatic heterocycles. The van der Waals surface area contributed by atoms with Gasteiger partial charge in [0.25, 0.3) is 5.78 Å². The van der Waals surface area contributed by atoms with E-state index >= 15 is 0 Å². The van der Waals surface area contributed by atoms with Gasteiger partial charge in [-0.1, -0.05) is 29.4 Å². The van der Waals surface area contributed by atoms with Gasteiger partial charge in [-0.2, -0.15) is 4.98 Å². The minimum atomic E-state index is -0.154. The monoisotopic (exact) mass is 375 g/mol. The zero-order valence-corrected chi connectivity index (χ0v) is 16.0. The molecular formula is C17H18ClN5OS. The van der Waals surface area contributed by atoms with Crippen LogP contribution in [0, 0.1) is 27.7 Å². The number of nitrogens with zero attached hydrogens (tertiary/aromatic N) is 4. The lowest BCUT2D eigenvalue weighted by molar-refractivity contribution is -0.113. The lowest BCUT2D eigenvalue weighted by Crippen LogP contribution is -2.15. The summed E-state index contributed by atoms with van der Waals surface area (Å²) in [7, 11) is 0. The summed E-state index contributed by atoms with van der Waals surface area (Å²) >= 11 is 7.49. The van der Waals surface area contributed by atoms with Crippen LogP contribution in [0.4, 0.5) is 5.69 Å². The molecule has 0 spiro atoms. The largest absolute Gasteiger partial charge is 0.324 e. The van der Waals surface area contributed by atoms with Gasteiger partial charge in [0, 0.05) is 11.4 Å². The van der Waals surface area contributed by atoms with Crippen LogP contribution >= 0.6 is 23.4 Å². The summed E-state index contributed by atoms with van der Waals surface area (Å²) in [5.74, 6) is 0.579. The van der Waals surface area contributed by atoms with E-state index in [9.17, 15) is 4.79 Å². The molecule has 0 bridgehead atoms. The maximum absolute atomic E-state index is 12.2. The normalized spacial score (nSPS) is 11.1. The second kappa shape index (κ2) is 7.01. The van der Waals surface area contributed by atoms with Crippen molar-refractivity contribution in [1.29, 1.82) is 0 Å². The van der Waals surface area contributed by atoms with Gasteiger partial charge in [-0.05, 0) is 51.0 Å². The first-order valence-electron chi connectivity index (χ1n) is 7.74. The molecule has 1 amide bonds. The Morgan fingerprint density at radius 3 is 2.68 bits per heavy atom. The number of anilines is 1. The quantitative estimate of drug-likeness (QED) is 0.703. The van der Waals surface area contributed by atoms with Gasteiger partial charge in [-0.25, -0.2) is 9.50 Å². The number of amides is 1. The van der Waals surface area contributed by atoms with Crippen LogP contribution in [0.2, 0.25) is 5.02 Å². The van der Waals surface area contributed by atoms with Crippen LogP contribution in [0.15, 0.2) is 23.4 Å². The topological polar surface area (TPSA) is 72.2 Å². The molecule has 6 nitrogen and oxygen atoms in total. The molecule has 1 aromatic carbocycles. The average molecular weight is 376 g/mol. The average Bonchev–Trinajstić information content (AvgIpc) is 2.92. The summed E-state index contributed by atoms with van der Waals surface area (Å²) in [6, 6.07) is 5.75. The van der Waals surface area contributed by atoms with E-state index in [1.807, 2.05) is 45.9 Å². The molecule has 2 heterocycles. The number of thioether (sulfide) groups is 1. The van der Waals surface area contributed by atoms with E-state index in [-0.39, 0.29) is 11.7 Å². The summed E-state index contributed by atoms with van der Waals surface area (Å²) in [6.45, 7) is 7.74. The van der Waals surface area contributed by atoms with Gasteiger partial charge in [0.15, 0.2) is 0 Å². The highest BCUT2D eigenvalue weighted by Gasteiger charge is 2.13. The van der Waals surface area contributed by atoms with Crippen LogP contribution in [0.3, 0.4) is 0 Å². The molecule has 2 aromatic heterocycles. The molecule has 0 radical (unpaired) electrons. The van der Waals surface area contributed by atoms with E-state index in [2.05, 4.69) is 20.4 Å². The molecule has 0 fully saturated rings. The number of benzene rings is 1. The standard InChI is InChI=1S/C17H18ClN5OS/c1-9-5-10(2)15(13(18)6-9)20-14(24)8-25-17-21-16-19-11(3)7-12(4)23(16)22-17/h5-7H,8H2,1-4H3,(H,20,24). The molecule has 0 aliphatic rings. The Morgan fingerprint density at radius 2 is 1.96 bits per heavy atom. The molecule has 0 unspecified atom stereocenters. The first-order valence-corrected chi connectivity index (χ1v) is 9.10. The van der Waals surface area contributed by atoms with Crippen LogP contribution in [-0.4, -0.2) is 31.2 Å². The number of carbonyl (C=O) groups is 1. The second-order valence-corrected chi connectivity index (χ2v) is 7.27. The zero-order chi connectivity index (χ0) is 18.1. The third-order valence-electron chi connectivity index (χ3n) is 3.63. The van der Waals surface area contributed by atoms with Gasteiger partial charge in [0.05, 0.1) is 16.5 Å². The first kappa shape index (κ1) is 17.7. The maximum Gasteiger partial charge on any atom is 0.253 e. The summed E-state index contributed by atoms with van der Waals surface area (Å²) in [6.07, 6.45) is 0. The van der Waals surface area contributed by atoms with E-state index < -0.39 is 0 Å². The maximum atomic E-state index is 12.2. The number of hydrogen-bond donors (Lipinski definition) is 1. The van der Waals surface area contributed by atoms with Crippen LogP contribution in [0.5, 0.6) is 0 Å². The highest BCUT2D eigenvalue weighted by Crippen LogP contribution is 2.27. The Labute approximate surface area is 155 Å². The van der Waals surface area contributed by atoms with Crippen LogP contribution in [0.25, 0.3) is 5.78 Å². The molecule has 3 aromatic rings. The Hall–Kier alpha value is -2.12. The lowest BCUT2D eigenvalue weighted by atomic mass is 10.1. The molecule has 3 rings (SSSR count). The van der Waals surface area contributed by atoms with Crippen molar-refractivity contribution in [3.05, 3.63) is 45.7 Å². The number of aryl methyl sites for hydroxylation is 4. The molecule has 25 heavy (non-hydrogen) atoms. The summed E-state index contributed by atoms with van der Waals surface area (Å²) < 4.78 is 1.67. The number of aromatic nitrogens is 4. The molecular weight excluding hydrogens is 358 g/mol. The fourth-order valence-corrected chi connectivity index (χ4v) is 3.58. The molecule has 0 aliphatic carbocycles. The smallest absolute Gasteiger partial charge is 0.253 e. The van der Waals surface area contributed by atoms with Gasteiger partial charge >= 0.3 is 0 Å². The van der Waals surface area contributed by atoms with Crippen LogP contribution < -0.4 is 5.32 Å². The van der Waals surface area contributed by atoms with E-state index in [0.29, 0.717) is 21.6 Å². The molecule has 0 atom stereocenters. The van der Waals surface area contributed by atoms with Crippen molar-refractivity contribution >= 4 is 40.7 Å². The Balaban J connectivity index is 1.70. The van der Waals surface area contributed by atoms with Crippen molar-refractivity contribution in [2.45, 2.75) is 32.9 Å². The van der Waals surface area contributed by atoms with Gasteiger partial charge in [-0.15, -0.1) is 5.10 Å². The molecule has 130 valence electrons. The van der Waals surface area contributed by atoms with E-state index in [1.165, 1.54) is 11.8 Å². The minimum absolute atomic E-state index is 0.154. The Morgan fingerprint density at radius 1 is 1.20 bits per heavy atom. The van der Waals surface area contributed by atoms with Crippen LogP contribution in [-0.2, 0) is 4.79 Å². The number of carbonyl (C=O) groups excluding carboxylic acids is 1. The fraction of sp³-hybridized carbons (Fsp3) is 0.294. The summed E-state index contributed by atoms with van der Waals surface area (Å²) in [4.78, 5) is 20.9. The van der Waals surface area contributed by atoms with Crippen molar-refractivity contribution in [2.24, 2.45) is 0 Å². The number of halogens is 1. The number of fused-ring (bicyclic) bond motifs is 1. The van der Waals surface area contributed by atoms with E-state index in [1.54, 1.807) is 4.52 Å². The third kappa shape index (κ3) is 3.93. The summed E-state index contributed by atoms with van der Waals surface area (Å²) in [5, 5.41) is 8.30. The Kier molecular flexibility index (Phi) is 4.96. The van der Waals surface area contributed by atoms with Crippen molar-refractivity contribution in [1.82, 2.24) is 19.6 Å². The van der Waals surface area contributed by atoms with Gasteiger partial charge in [0.2, 0.25) is 11.1 Å². The van der Waals surface area contributed by atoms with Gasteiger partial charge in [0.1, 0.15) is 0 Å². The minimum Gasteiger partial charge on any atom is -0.324 e. The summed E-state index contributed by atoms with van der Waals surface area (Å²) in [5.41, 5.74) is 4.48. The Bertz CT molecular complexity index is 946.